The summed E-state index contributed by atoms with van der Waals surface area (Å²) in [6.45, 7) is 8.86. The highest BCUT2D eigenvalue weighted by Gasteiger charge is 2.11. The smallest absolute Gasteiger partial charge is 0.253 e. The zero-order chi connectivity index (χ0) is 16.3. The molecule has 114 valence electrons. The Hall–Kier alpha value is -2.68. The van der Waals surface area contributed by atoms with Crippen molar-refractivity contribution >= 4 is 5.91 Å². The molecule has 0 fully saturated rings. The first kappa shape index (κ1) is 15.7. The van der Waals surface area contributed by atoms with Crippen LogP contribution in [-0.4, -0.2) is 27.2 Å². The maximum Gasteiger partial charge on any atom is 0.253 e. The van der Waals surface area contributed by atoms with Gasteiger partial charge in [0.25, 0.3) is 5.91 Å². The van der Waals surface area contributed by atoms with Crippen LogP contribution in [-0.2, 0) is 6.54 Å². The van der Waals surface area contributed by atoms with Crippen molar-refractivity contribution in [3.05, 3.63) is 46.0 Å². The molecule has 0 atom stereocenters. The van der Waals surface area contributed by atoms with E-state index >= 15 is 0 Å². The number of pyridine rings is 1. The van der Waals surface area contributed by atoms with Crippen LogP contribution in [0.25, 0.3) is 0 Å². The first-order valence-corrected chi connectivity index (χ1v) is 7.10. The molecular weight excluding hydrogens is 278 g/mol. The van der Waals surface area contributed by atoms with E-state index < -0.39 is 0 Å². The first-order chi connectivity index (χ1) is 10.4. The van der Waals surface area contributed by atoms with Crippen molar-refractivity contribution in [2.45, 2.75) is 34.2 Å². The fraction of sp³-hybridized carbons (Fsp3) is 0.375. The topological polar surface area (TPSA) is 83.6 Å². The summed E-state index contributed by atoms with van der Waals surface area (Å²) in [6, 6.07) is 5.13. The highest BCUT2D eigenvalue weighted by atomic mass is 16.1. The summed E-state index contributed by atoms with van der Waals surface area (Å²) in [4.78, 5) is 16.2. The molecule has 6 heteroatoms. The number of aryl methyl sites for hydroxylation is 2. The molecule has 2 heterocycles. The third-order valence-corrected chi connectivity index (χ3v) is 3.80. The van der Waals surface area contributed by atoms with Gasteiger partial charge in [0, 0.05) is 12.2 Å². The van der Waals surface area contributed by atoms with Gasteiger partial charge in [-0.15, -0.1) is 0 Å². The van der Waals surface area contributed by atoms with Crippen molar-refractivity contribution < 1.29 is 4.79 Å². The number of nitrogens with zero attached hydrogens (tertiary/aromatic N) is 4. The molecule has 0 aliphatic carbocycles. The van der Waals surface area contributed by atoms with Crippen molar-refractivity contribution in [1.82, 2.24) is 20.1 Å². The second kappa shape index (κ2) is 6.39. The standard InChI is InChI=1S/C16H19N5O/c1-10-11(2)20-21(13(10)4)8-7-18-16(22)15-6-5-14(9-17)19-12(15)3/h5-6H,7-8H2,1-4H3,(H,18,22). The number of hydrogen-bond acceptors (Lipinski definition) is 4. The van der Waals surface area contributed by atoms with Gasteiger partial charge in [0.2, 0.25) is 0 Å². The number of hydrogen-bond donors (Lipinski definition) is 1. The molecule has 0 aliphatic rings. The van der Waals surface area contributed by atoms with E-state index in [-0.39, 0.29) is 5.91 Å². The van der Waals surface area contributed by atoms with Crippen molar-refractivity contribution in [3.8, 4) is 6.07 Å². The van der Waals surface area contributed by atoms with Crippen LogP contribution in [0.4, 0.5) is 0 Å². The van der Waals surface area contributed by atoms with Gasteiger partial charge in [-0.1, -0.05) is 0 Å². The van der Waals surface area contributed by atoms with Crippen LogP contribution in [0.1, 0.15) is 38.7 Å². The van der Waals surface area contributed by atoms with Gasteiger partial charge in [0.1, 0.15) is 11.8 Å². The fourth-order valence-corrected chi connectivity index (χ4v) is 2.24. The Morgan fingerprint density at radius 3 is 2.55 bits per heavy atom. The average molecular weight is 297 g/mol. The molecule has 1 amide bonds. The van der Waals surface area contributed by atoms with Gasteiger partial charge >= 0.3 is 0 Å². The molecule has 0 bridgehead atoms. The van der Waals surface area contributed by atoms with Crippen molar-refractivity contribution in [2.75, 3.05) is 6.54 Å². The predicted octanol–water partition coefficient (Wildman–Crippen LogP) is 1.81. The summed E-state index contributed by atoms with van der Waals surface area (Å²) in [6.07, 6.45) is 0. The molecule has 0 radical (unpaired) electrons. The monoisotopic (exact) mass is 297 g/mol. The molecular formula is C16H19N5O. The van der Waals surface area contributed by atoms with E-state index in [4.69, 9.17) is 5.26 Å². The van der Waals surface area contributed by atoms with Crippen molar-refractivity contribution in [1.29, 1.82) is 5.26 Å². The number of carbonyl (C=O) groups is 1. The summed E-state index contributed by atoms with van der Waals surface area (Å²) in [7, 11) is 0. The summed E-state index contributed by atoms with van der Waals surface area (Å²) in [5.74, 6) is -0.187. The highest BCUT2D eigenvalue weighted by Crippen LogP contribution is 2.10. The molecule has 2 rings (SSSR count). The van der Waals surface area contributed by atoms with Gasteiger partial charge in [-0.2, -0.15) is 10.4 Å². The lowest BCUT2D eigenvalue weighted by Crippen LogP contribution is -2.28. The molecule has 1 N–H and O–H groups in total. The van der Waals surface area contributed by atoms with Crippen LogP contribution < -0.4 is 5.32 Å². The Morgan fingerprint density at radius 1 is 1.27 bits per heavy atom. The molecule has 6 nitrogen and oxygen atoms in total. The normalized spacial score (nSPS) is 10.3. The van der Waals surface area contributed by atoms with Crippen LogP contribution in [0.3, 0.4) is 0 Å². The Labute approximate surface area is 129 Å². The summed E-state index contributed by atoms with van der Waals surface area (Å²) < 4.78 is 1.90. The van der Waals surface area contributed by atoms with E-state index in [9.17, 15) is 4.79 Å². The maximum atomic E-state index is 12.1. The number of aromatic nitrogens is 3. The van der Waals surface area contributed by atoms with Gasteiger partial charge < -0.3 is 5.32 Å². The Balaban J connectivity index is 1.99. The lowest BCUT2D eigenvalue weighted by Gasteiger charge is -2.08. The second-order valence-corrected chi connectivity index (χ2v) is 5.22. The number of rotatable bonds is 4. The van der Waals surface area contributed by atoms with E-state index in [0.29, 0.717) is 30.0 Å². The van der Waals surface area contributed by atoms with Crippen molar-refractivity contribution in [3.63, 3.8) is 0 Å². The van der Waals surface area contributed by atoms with E-state index in [1.54, 1.807) is 19.1 Å². The van der Waals surface area contributed by atoms with E-state index in [1.807, 2.05) is 31.5 Å². The molecule has 0 saturated heterocycles. The molecule has 22 heavy (non-hydrogen) atoms. The Bertz CT molecular complexity index is 755. The van der Waals surface area contributed by atoms with Gasteiger partial charge in [-0.05, 0) is 45.4 Å². The third kappa shape index (κ3) is 3.14. The van der Waals surface area contributed by atoms with Crippen LogP contribution in [0.2, 0.25) is 0 Å². The first-order valence-electron chi connectivity index (χ1n) is 7.10. The molecule has 2 aromatic heterocycles. The molecule has 2 aromatic rings. The average Bonchev–Trinajstić information content (AvgIpc) is 2.74. The van der Waals surface area contributed by atoms with Crippen LogP contribution in [0.15, 0.2) is 12.1 Å². The van der Waals surface area contributed by atoms with E-state index in [1.165, 1.54) is 5.56 Å². The number of nitriles is 1. The fourth-order valence-electron chi connectivity index (χ4n) is 2.24. The summed E-state index contributed by atoms with van der Waals surface area (Å²) in [5.41, 5.74) is 4.66. The molecule has 0 saturated carbocycles. The van der Waals surface area contributed by atoms with Crippen molar-refractivity contribution in [2.24, 2.45) is 0 Å². The molecule has 0 aromatic carbocycles. The zero-order valence-electron chi connectivity index (χ0n) is 13.3. The largest absolute Gasteiger partial charge is 0.350 e. The van der Waals surface area contributed by atoms with Gasteiger partial charge in [-0.3, -0.25) is 9.48 Å². The predicted molar refractivity (Wildman–Crippen MR) is 82.5 cm³/mol. The van der Waals surface area contributed by atoms with Gasteiger partial charge in [0.15, 0.2) is 0 Å². The SMILES string of the molecule is Cc1nc(C#N)ccc1C(=O)NCCn1nc(C)c(C)c1C. The minimum atomic E-state index is -0.187. The van der Waals surface area contributed by atoms with Gasteiger partial charge in [0.05, 0.1) is 23.5 Å². The van der Waals surface area contributed by atoms with E-state index in [2.05, 4.69) is 15.4 Å². The zero-order valence-corrected chi connectivity index (χ0v) is 13.3. The minimum absolute atomic E-state index is 0.187. The quantitative estimate of drug-likeness (QED) is 0.933. The third-order valence-electron chi connectivity index (χ3n) is 3.80. The number of amides is 1. The lowest BCUT2D eigenvalue weighted by atomic mass is 10.1. The van der Waals surface area contributed by atoms with Crippen LogP contribution in [0.5, 0.6) is 0 Å². The summed E-state index contributed by atoms with van der Waals surface area (Å²) in [5, 5.41) is 16.1. The lowest BCUT2D eigenvalue weighted by molar-refractivity contribution is 0.0951. The number of carbonyl (C=O) groups excluding carboxylic acids is 1. The molecule has 0 unspecified atom stereocenters. The van der Waals surface area contributed by atoms with E-state index in [0.717, 1.165) is 11.4 Å². The van der Waals surface area contributed by atoms with Crippen LogP contribution in [0, 0.1) is 39.0 Å². The Morgan fingerprint density at radius 2 is 2.00 bits per heavy atom. The minimum Gasteiger partial charge on any atom is -0.350 e. The van der Waals surface area contributed by atoms with Gasteiger partial charge in [-0.25, -0.2) is 4.98 Å². The molecule has 0 spiro atoms. The maximum absolute atomic E-state index is 12.1. The number of nitrogens with one attached hydrogen (secondary N) is 1. The van der Waals surface area contributed by atoms with Crippen LogP contribution >= 0.6 is 0 Å². The molecule has 0 aliphatic heterocycles. The second-order valence-electron chi connectivity index (χ2n) is 5.22. The highest BCUT2D eigenvalue weighted by molar-refractivity contribution is 5.95. The Kier molecular flexibility index (Phi) is 4.56. The summed E-state index contributed by atoms with van der Waals surface area (Å²) >= 11 is 0.